The first-order valence-electron chi connectivity index (χ1n) is 6.01. The van der Waals surface area contributed by atoms with Gasteiger partial charge in [-0.15, -0.1) is 0 Å². The van der Waals surface area contributed by atoms with Crippen LogP contribution in [0, 0.1) is 0 Å². The highest BCUT2D eigenvalue weighted by atomic mass is 16.4. The van der Waals surface area contributed by atoms with Crippen molar-refractivity contribution in [3.05, 3.63) is 23.7 Å². The maximum Gasteiger partial charge on any atom is 0.371 e. The molecule has 0 bridgehead atoms. The Morgan fingerprint density at radius 2 is 1.95 bits per heavy atom. The highest BCUT2D eigenvalue weighted by molar-refractivity contribution is 5.84. The van der Waals surface area contributed by atoms with E-state index >= 15 is 0 Å². The molecule has 1 rings (SSSR count). The molecule has 0 aromatic carbocycles. The fraction of sp³-hybridized carbons (Fsp3) is 0.417. The second kappa shape index (κ2) is 7.17. The van der Waals surface area contributed by atoms with Crippen LogP contribution in [0.15, 0.2) is 16.5 Å². The number of hydrogen-bond acceptors (Lipinski definition) is 4. The summed E-state index contributed by atoms with van der Waals surface area (Å²) in [7, 11) is 0. The number of carboxylic acid groups (broad SMARTS) is 1. The van der Waals surface area contributed by atoms with Gasteiger partial charge in [0.05, 0.1) is 13.1 Å². The average Bonchev–Trinajstić information content (AvgIpc) is 2.82. The lowest BCUT2D eigenvalue weighted by Crippen LogP contribution is -2.43. The highest BCUT2D eigenvalue weighted by Crippen LogP contribution is 2.07. The van der Waals surface area contributed by atoms with Gasteiger partial charge in [0.15, 0.2) is 0 Å². The van der Waals surface area contributed by atoms with E-state index in [1.54, 1.807) is 0 Å². The molecule has 0 atom stereocenters. The van der Waals surface area contributed by atoms with Gasteiger partial charge in [0.25, 0.3) is 0 Å². The minimum Gasteiger partial charge on any atom is -0.475 e. The van der Waals surface area contributed by atoms with Gasteiger partial charge in [-0.3, -0.25) is 4.79 Å². The molecule has 4 N–H and O–H groups in total. The number of hydrogen-bond donors (Lipinski definition) is 4. The lowest BCUT2D eigenvalue weighted by Gasteiger charge is -2.09. The summed E-state index contributed by atoms with van der Waals surface area (Å²) in [6, 6.07) is 2.21. The van der Waals surface area contributed by atoms with Crippen molar-refractivity contribution in [2.45, 2.75) is 26.4 Å². The van der Waals surface area contributed by atoms with E-state index in [1.165, 1.54) is 12.1 Å². The third kappa shape index (κ3) is 5.42. The van der Waals surface area contributed by atoms with Crippen LogP contribution >= 0.6 is 0 Å². The van der Waals surface area contributed by atoms with Crippen LogP contribution in [0.2, 0.25) is 0 Å². The number of carbonyl (C=O) groups is 3. The molecule has 1 heterocycles. The van der Waals surface area contributed by atoms with Crippen LogP contribution in [0.1, 0.15) is 30.2 Å². The number of aromatic carboxylic acids is 1. The van der Waals surface area contributed by atoms with Crippen LogP contribution in [-0.4, -0.2) is 35.6 Å². The Morgan fingerprint density at radius 1 is 1.25 bits per heavy atom. The smallest absolute Gasteiger partial charge is 0.371 e. The normalized spacial score (nSPS) is 10.2. The van der Waals surface area contributed by atoms with Crippen molar-refractivity contribution in [2.24, 2.45) is 0 Å². The Morgan fingerprint density at radius 3 is 2.50 bits per heavy atom. The van der Waals surface area contributed by atoms with Crippen molar-refractivity contribution in [3.63, 3.8) is 0 Å². The first kappa shape index (κ1) is 15.5. The third-order valence-corrected chi connectivity index (χ3v) is 2.15. The second-order valence-corrected chi connectivity index (χ2v) is 4.33. The van der Waals surface area contributed by atoms with Gasteiger partial charge in [-0.2, -0.15) is 0 Å². The van der Waals surface area contributed by atoms with Crippen molar-refractivity contribution in [1.29, 1.82) is 0 Å². The molecule has 0 unspecified atom stereocenters. The zero-order valence-electron chi connectivity index (χ0n) is 11.2. The maximum atomic E-state index is 11.4. The average molecular weight is 283 g/mol. The molecule has 0 saturated carbocycles. The van der Waals surface area contributed by atoms with Crippen molar-refractivity contribution in [1.82, 2.24) is 16.0 Å². The predicted octanol–water partition coefficient (Wildman–Crippen LogP) is 0.302. The van der Waals surface area contributed by atoms with Crippen molar-refractivity contribution in [2.75, 3.05) is 6.54 Å². The molecule has 0 spiro atoms. The minimum absolute atomic E-state index is 0.00456. The SMILES string of the molecule is CC(C)NC(=O)CNC(=O)NCc1ccc(C(=O)O)o1. The second-order valence-electron chi connectivity index (χ2n) is 4.33. The van der Waals surface area contributed by atoms with Gasteiger partial charge in [0.2, 0.25) is 11.7 Å². The van der Waals surface area contributed by atoms with Gasteiger partial charge in [-0.05, 0) is 26.0 Å². The summed E-state index contributed by atoms with van der Waals surface area (Å²) < 4.78 is 4.95. The van der Waals surface area contributed by atoms with Crippen LogP contribution < -0.4 is 16.0 Å². The number of furan rings is 1. The Balaban J connectivity index is 2.29. The summed E-state index contributed by atoms with van der Waals surface area (Å²) in [4.78, 5) is 33.2. The van der Waals surface area contributed by atoms with E-state index in [9.17, 15) is 14.4 Å². The molecule has 20 heavy (non-hydrogen) atoms. The van der Waals surface area contributed by atoms with E-state index in [-0.39, 0.29) is 30.8 Å². The molecule has 110 valence electrons. The van der Waals surface area contributed by atoms with Gasteiger partial charge in [0.1, 0.15) is 5.76 Å². The van der Waals surface area contributed by atoms with Crippen LogP contribution in [0.4, 0.5) is 4.79 Å². The molecule has 0 fully saturated rings. The van der Waals surface area contributed by atoms with Crippen LogP contribution in [0.5, 0.6) is 0 Å². The summed E-state index contributed by atoms with van der Waals surface area (Å²) in [6.07, 6.45) is 0. The molecule has 0 radical (unpaired) electrons. The molecule has 3 amide bonds. The lowest BCUT2D eigenvalue weighted by molar-refractivity contribution is -0.120. The monoisotopic (exact) mass is 283 g/mol. The van der Waals surface area contributed by atoms with Crippen LogP contribution in [0.25, 0.3) is 0 Å². The fourth-order valence-electron chi connectivity index (χ4n) is 1.35. The predicted molar refractivity (Wildman–Crippen MR) is 69.2 cm³/mol. The summed E-state index contributed by atoms with van der Waals surface area (Å²) in [5.41, 5.74) is 0. The van der Waals surface area contributed by atoms with E-state index in [2.05, 4.69) is 16.0 Å². The highest BCUT2D eigenvalue weighted by Gasteiger charge is 2.10. The Hall–Kier alpha value is -2.51. The summed E-state index contributed by atoms with van der Waals surface area (Å²) in [6.45, 7) is 3.53. The van der Waals surface area contributed by atoms with Crippen molar-refractivity contribution >= 4 is 17.9 Å². The Kier molecular flexibility index (Phi) is 5.57. The number of carbonyl (C=O) groups excluding carboxylic acids is 2. The molecule has 0 aliphatic rings. The van der Waals surface area contributed by atoms with E-state index in [4.69, 9.17) is 9.52 Å². The molecule has 8 heteroatoms. The molecule has 0 saturated heterocycles. The molecule has 0 aliphatic heterocycles. The molecular formula is C12H17N3O5. The van der Waals surface area contributed by atoms with Gasteiger partial charge < -0.3 is 25.5 Å². The van der Waals surface area contributed by atoms with E-state index in [0.717, 1.165) is 0 Å². The van der Waals surface area contributed by atoms with Crippen LogP contribution in [-0.2, 0) is 11.3 Å². The first-order valence-corrected chi connectivity index (χ1v) is 6.01. The van der Waals surface area contributed by atoms with E-state index in [1.807, 2.05) is 13.8 Å². The number of carboxylic acids is 1. The third-order valence-electron chi connectivity index (χ3n) is 2.15. The molecule has 1 aromatic rings. The summed E-state index contributed by atoms with van der Waals surface area (Å²) >= 11 is 0. The standard InChI is InChI=1S/C12H17N3O5/c1-7(2)15-10(16)6-14-12(19)13-5-8-3-4-9(20-8)11(17)18/h3-4,7H,5-6H2,1-2H3,(H,15,16)(H,17,18)(H2,13,14,19). The van der Waals surface area contributed by atoms with Gasteiger partial charge >= 0.3 is 12.0 Å². The van der Waals surface area contributed by atoms with Gasteiger partial charge in [-0.25, -0.2) is 9.59 Å². The van der Waals surface area contributed by atoms with Gasteiger partial charge in [0, 0.05) is 6.04 Å². The van der Waals surface area contributed by atoms with E-state index in [0.29, 0.717) is 5.76 Å². The number of urea groups is 1. The molecule has 1 aromatic heterocycles. The lowest BCUT2D eigenvalue weighted by atomic mass is 10.4. The molecular weight excluding hydrogens is 266 g/mol. The zero-order valence-corrected chi connectivity index (χ0v) is 11.2. The minimum atomic E-state index is -1.17. The Labute approximate surface area is 115 Å². The molecule has 0 aliphatic carbocycles. The summed E-state index contributed by atoms with van der Waals surface area (Å²) in [5.74, 6) is -1.35. The zero-order chi connectivity index (χ0) is 15.1. The maximum absolute atomic E-state index is 11.4. The first-order chi connectivity index (χ1) is 9.38. The molecule has 8 nitrogen and oxygen atoms in total. The van der Waals surface area contributed by atoms with E-state index < -0.39 is 12.0 Å². The fourth-order valence-corrected chi connectivity index (χ4v) is 1.35. The summed E-state index contributed by atoms with van der Waals surface area (Å²) in [5, 5.41) is 16.1. The number of amides is 3. The van der Waals surface area contributed by atoms with Crippen molar-refractivity contribution in [3.8, 4) is 0 Å². The number of rotatable bonds is 6. The Bertz CT molecular complexity index is 495. The quantitative estimate of drug-likeness (QED) is 0.598. The van der Waals surface area contributed by atoms with Crippen molar-refractivity contribution < 1.29 is 23.9 Å². The van der Waals surface area contributed by atoms with Crippen LogP contribution in [0.3, 0.4) is 0 Å². The number of nitrogens with one attached hydrogen (secondary N) is 3. The largest absolute Gasteiger partial charge is 0.475 e. The topological polar surface area (TPSA) is 121 Å². The van der Waals surface area contributed by atoms with Gasteiger partial charge in [-0.1, -0.05) is 0 Å².